The van der Waals surface area contributed by atoms with Crippen molar-refractivity contribution in [2.45, 2.75) is 51.0 Å². The predicted octanol–water partition coefficient (Wildman–Crippen LogP) is 4.80. The molecule has 1 N–H and O–H groups in total. The second-order valence-corrected chi connectivity index (χ2v) is 7.90. The molecule has 2 aliphatic rings. The summed E-state index contributed by atoms with van der Waals surface area (Å²) in [5, 5.41) is 5.02. The molecule has 104 valence electrons. The van der Waals surface area contributed by atoms with Crippen LogP contribution in [0.1, 0.15) is 45.1 Å². The molecule has 0 spiro atoms. The van der Waals surface area contributed by atoms with Crippen LogP contribution in [0.25, 0.3) is 0 Å². The second kappa shape index (κ2) is 4.65. The molecule has 0 amide bonds. The minimum absolute atomic E-state index is 0.250. The highest BCUT2D eigenvalue weighted by atomic mass is 35.5. The van der Waals surface area contributed by atoms with Gasteiger partial charge >= 0.3 is 0 Å². The van der Waals surface area contributed by atoms with Crippen LogP contribution in [0.15, 0.2) is 18.2 Å². The third kappa shape index (κ3) is 2.79. The van der Waals surface area contributed by atoms with E-state index < -0.39 is 0 Å². The van der Waals surface area contributed by atoms with Crippen molar-refractivity contribution in [1.82, 2.24) is 5.32 Å². The minimum Gasteiger partial charge on any atom is -0.313 e. The van der Waals surface area contributed by atoms with Gasteiger partial charge in [0.05, 0.1) is 10.0 Å². The van der Waals surface area contributed by atoms with E-state index in [1.165, 1.54) is 31.2 Å². The zero-order valence-corrected chi connectivity index (χ0v) is 13.1. The maximum atomic E-state index is 6.19. The number of nitrogens with one attached hydrogen (secondary N) is 1. The lowest BCUT2D eigenvalue weighted by Gasteiger charge is -2.54. The van der Waals surface area contributed by atoms with Gasteiger partial charge in [-0.3, -0.25) is 0 Å². The van der Waals surface area contributed by atoms with Crippen molar-refractivity contribution < 1.29 is 0 Å². The molecule has 2 saturated carbocycles. The molecule has 19 heavy (non-hydrogen) atoms. The van der Waals surface area contributed by atoms with Crippen LogP contribution in [0.4, 0.5) is 0 Å². The maximum Gasteiger partial charge on any atom is 0.0595 e. The van der Waals surface area contributed by atoms with Crippen LogP contribution in [-0.4, -0.2) is 12.6 Å². The van der Waals surface area contributed by atoms with Gasteiger partial charge in [-0.15, -0.1) is 0 Å². The van der Waals surface area contributed by atoms with Gasteiger partial charge in [0, 0.05) is 18.0 Å². The van der Waals surface area contributed by atoms with Gasteiger partial charge in [0.25, 0.3) is 0 Å². The Labute approximate surface area is 125 Å². The Bertz CT molecular complexity index is 484. The molecular formula is C16H21Cl2N. The Morgan fingerprint density at radius 3 is 2.37 bits per heavy atom. The van der Waals surface area contributed by atoms with E-state index >= 15 is 0 Å². The van der Waals surface area contributed by atoms with E-state index in [1.54, 1.807) is 0 Å². The SMILES string of the molecule is CC1(C)CC(CNC2CC2)(c2ccc(Cl)c(Cl)c2)C1. The van der Waals surface area contributed by atoms with E-state index in [0.717, 1.165) is 12.6 Å². The summed E-state index contributed by atoms with van der Waals surface area (Å²) in [6.07, 6.45) is 5.11. The lowest BCUT2D eigenvalue weighted by molar-refractivity contribution is 0.0560. The van der Waals surface area contributed by atoms with E-state index in [4.69, 9.17) is 23.2 Å². The average molecular weight is 298 g/mol. The molecular weight excluding hydrogens is 277 g/mol. The molecule has 2 aliphatic carbocycles. The summed E-state index contributed by atoms with van der Waals surface area (Å²) in [4.78, 5) is 0. The Morgan fingerprint density at radius 2 is 1.84 bits per heavy atom. The second-order valence-electron chi connectivity index (χ2n) is 7.08. The fraction of sp³-hybridized carbons (Fsp3) is 0.625. The van der Waals surface area contributed by atoms with Gasteiger partial charge in [-0.1, -0.05) is 43.1 Å². The van der Waals surface area contributed by atoms with Crippen molar-refractivity contribution in [2.75, 3.05) is 6.54 Å². The standard InChI is InChI=1S/C16H21Cl2N/c1-15(2)8-16(9-15,10-19-12-4-5-12)11-3-6-13(17)14(18)7-11/h3,6-7,12,19H,4-5,8-10H2,1-2H3. The molecule has 0 atom stereocenters. The monoisotopic (exact) mass is 297 g/mol. The minimum atomic E-state index is 0.250. The fourth-order valence-corrected chi connectivity index (χ4v) is 3.96. The van der Waals surface area contributed by atoms with Crippen LogP contribution in [0, 0.1) is 5.41 Å². The van der Waals surface area contributed by atoms with E-state index in [9.17, 15) is 0 Å². The molecule has 0 bridgehead atoms. The molecule has 1 aromatic carbocycles. The number of benzene rings is 1. The third-order valence-electron chi connectivity index (χ3n) is 4.47. The van der Waals surface area contributed by atoms with Gasteiger partial charge in [-0.2, -0.15) is 0 Å². The van der Waals surface area contributed by atoms with Gasteiger partial charge in [-0.25, -0.2) is 0 Å². The molecule has 0 saturated heterocycles. The number of hydrogen-bond donors (Lipinski definition) is 1. The van der Waals surface area contributed by atoms with Gasteiger partial charge in [-0.05, 0) is 48.8 Å². The number of rotatable bonds is 4. The molecule has 0 heterocycles. The fourth-order valence-electron chi connectivity index (χ4n) is 3.66. The zero-order valence-electron chi connectivity index (χ0n) is 11.6. The Hall–Kier alpha value is -0.240. The Morgan fingerprint density at radius 1 is 1.16 bits per heavy atom. The van der Waals surface area contributed by atoms with Crippen LogP contribution < -0.4 is 5.32 Å². The van der Waals surface area contributed by atoms with Crippen molar-refractivity contribution >= 4 is 23.2 Å². The Kier molecular flexibility index (Phi) is 3.36. The first kappa shape index (κ1) is 13.7. The van der Waals surface area contributed by atoms with Crippen molar-refractivity contribution in [3.8, 4) is 0 Å². The quantitative estimate of drug-likeness (QED) is 0.841. The highest BCUT2D eigenvalue weighted by molar-refractivity contribution is 6.42. The smallest absolute Gasteiger partial charge is 0.0595 e. The summed E-state index contributed by atoms with van der Waals surface area (Å²) in [6.45, 7) is 5.76. The molecule has 0 aliphatic heterocycles. The third-order valence-corrected chi connectivity index (χ3v) is 5.21. The lowest BCUT2D eigenvalue weighted by Crippen LogP contribution is -2.52. The van der Waals surface area contributed by atoms with Gasteiger partial charge in [0.1, 0.15) is 0 Å². The molecule has 1 aromatic rings. The zero-order chi connectivity index (χ0) is 13.7. The molecule has 3 rings (SSSR count). The van der Waals surface area contributed by atoms with Crippen molar-refractivity contribution in [2.24, 2.45) is 5.41 Å². The van der Waals surface area contributed by atoms with Crippen molar-refractivity contribution in [3.63, 3.8) is 0 Å². The van der Waals surface area contributed by atoms with Crippen LogP contribution in [0.2, 0.25) is 10.0 Å². The van der Waals surface area contributed by atoms with Gasteiger partial charge in [0.15, 0.2) is 0 Å². The van der Waals surface area contributed by atoms with Crippen LogP contribution >= 0.6 is 23.2 Å². The number of hydrogen-bond acceptors (Lipinski definition) is 1. The molecule has 2 fully saturated rings. The molecule has 3 heteroatoms. The van der Waals surface area contributed by atoms with Crippen LogP contribution in [-0.2, 0) is 5.41 Å². The largest absolute Gasteiger partial charge is 0.313 e. The van der Waals surface area contributed by atoms with E-state index in [1.807, 2.05) is 6.07 Å². The van der Waals surface area contributed by atoms with Gasteiger partial charge in [0.2, 0.25) is 0 Å². The first-order chi connectivity index (χ1) is 8.90. The average Bonchev–Trinajstić information content (AvgIpc) is 3.11. The molecule has 1 nitrogen and oxygen atoms in total. The summed E-state index contributed by atoms with van der Waals surface area (Å²) in [6, 6.07) is 6.90. The van der Waals surface area contributed by atoms with Crippen molar-refractivity contribution in [1.29, 1.82) is 0 Å². The highest BCUT2D eigenvalue weighted by Crippen LogP contribution is 2.55. The summed E-state index contributed by atoms with van der Waals surface area (Å²) >= 11 is 12.2. The van der Waals surface area contributed by atoms with Crippen LogP contribution in [0.5, 0.6) is 0 Å². The highest BCUT2D eigenvalue weighted by Gasteiger charge is 2.50. The Balaban J connectivity index is 1.83. The predicted molar refractivity (Wildman–Crippen MR) is 82.2 cm³/mol. The van der Waals surface area contributed by atoms with Crippen molar-refractivity contribution in [3.05, 3.63) is 33.8 Å². The summed E-state index contributed by atoms with van der Waals surface area (Å²) < 4.78 is 0. The van der Waals surface area contributed by atoms with Crippen LogP contribution in [0.3, 0.4) is 0 Å². The maximum absolute atomic E-state index is 6.19. The summed E-state index contributed by atoms with van der Waals surface area (Å²) in [5.74, 6) is 0. The van der Waals surface area contributed by atoms with Gasteiger partial charge < -0.3 is 5.32 Å². The number of halogens is 2. The first-order valence-corrected chi connectivity index (χ1v) is 7.85. The normalized spacial score (nSPS) is 24.0. The topological polar surface area (TPSA) is 12.0 Å². The molecule has 0 unspecified atom stereocenters. The first-order valence-electron chi connectivity index (χ1n) is 7.09. The summed E-state index contributed by atoms with van der Waals surface area (Å²) in [5.41, 5.74) is 2.03. The lowest BCUT2D eigenvalue weighted by atomic mass is 9.52. The van der Waals surface area contributed by atoms with E-state index in [-0.39, 0.29) is 5.41 Å². The molecule has 0 aromatic heterocycles. The van der Waals surface area contributed by atoms with E-state index in [0.29, 0.717) is 15.5 Å². The van der Waals surface area contributed by atoms with E-state index in [2.05, 4.69) is 31.3 Å². The molecule has 0 radical (unpaired) electrons. The summed E-state index contributed by atoms with van der Waals surface area (Å²) in [7, 11) is 0.